The number of imidazole rings is 1. The van der Waals surface area contributed by atoms with E-state index in [4.69, 9.17) is 9.72 Å². The molecular formula is C27H35FN4O3S. The third-order valence-electron chi connectivity index (χ3n) is 7.14. The van der Waals surface area contributed by atoms with Crippen molar-refractivity contribution in [3.05, 3.63) is 53.5 Å². The zero-order chi connectivity index (χ0) is 26.1. The highest BCUT2D eigenvalue weighted by atomic mass is 32.2. The first-order valence-corrected chi connectivity index (χ1v) is 13.8. The van der Waals surface area contributed by atoms with Gasteiger partial charge in [-0.15, -0.1) is 0 Å². The van der Waals surface area contributed by atoms with Crippen molar-refractivity contribution >= 4 is 21.7 Å². The Balaban J connectivity index is 1.66. The summed E-state index contributed by atoms with van der Waals surface area (Å²) in [4.78, 5) is 7.99. The first-order valence-electron chi connectivity index (χ1n) is 12.3. The zero-order valence-electron chi connectivity index (χ0n) is 21.5. The zero-order valence-corrected chi connectivity index (χ0v) is 22.4. The molecule has 7 nitrogen and oxygen atoms in total. The van der Waals surface area contributed by atoms with Gasteiger partial charge in [0.05, 0.1) is 18.5 Å². The second-order valence-electron chi connectivity index (χ2n) is 10.1. The number of methoxy groups -OCH3 is 1. The van der Waals surface area contributed by atoms with Crippen molar-refractivity contribution in [2.24, 2.45) is 5.92 Å². The monoisotopic (exact) mass is 514 g/mol. The van der Waals surface area contributed by atoms with Crippen LogP contribution < -0.4 is 14.8 Å². The van der Waals surface area contributed by atoms with Gasteiger partial charge in [0.15, 0.2) is 0 Å². The molecule has 0 aliphatic heterocycles. The lowest BCUT2D eigenvalue weighted by atomic mass is 9.77. The lowest BCUT2D eigenvalue weighted by Gasteiger charge is -2.37. The van der Waals surface area contributed by atoms with Gasteiger partial charge in [0.25, 0.3) is 10.0 Å². The van der Waals surface area contributed by atoms with Gasteiger partial charge in [-0.3, -0.25) is 4.72 Å². The summed E-state index contributed by atoms with van der Waals surface area (Å²) in [7, 11) is -2.75. The van der Waals surface area contributed by atoms with Crippen LogP contribution in [0.15, 0.2) is 41.3 Å². The molecular weight excluding hydrogens is 479 g/mol. The quantitative estimate of drug-likeness (QED) is 0.323. The summed E-state index contributed by atoms with van der Waals surface area (Å²) in [6.45, 7) is 7.95. The van der Waals surface area contributed by atoms with Crippen LogP contribution in [0.5, 0.6) is 5.75 Å². The molecule has 0 unspecified atom stereocenters. The fourth-order valence-electron chi connectivity index (χ4n) is 5.02. The molecule has 0 saturated heterocycles. The number of ether oxygens (including phenoxy) is 1. The van der Waals surface area contributed by atoms with Crippen molar-refractivity contribution in [1.82, 2.24) is 9.97 Å². The summed E-state index contributed by atoms with van der Waals surface area (Å²) < 4.78 is 48.7. The molecule has 9 heteroatoms. The normalized spacial score (nSPS) is 15.1. The molecule has 0 bridgehead atoms. The molecule has 0 radical (unpaired) electrons. The summed E-state index contributed by atoms with van der Waals surface area (Å²) in [5.74, 6) is 0.725. The Bertz CT molecular complexity index is 1320. The van der Waals surface area contributed by atoms with E-state index in [1.54, 1.807) is 25.1 Å². The molecule has 194 valence electrons. The summed E-state index contributed by atoms with van der Waals surface area (Å²) in [5.41, 5.74) is 2.32. The van der Waals surface area contributed by atoms with Crippen LogP contribution in [-0.2, 0) is 10.0 Å². The van der Waals surface area contributed by atoms with Crippen molar-refractivity contribution < 1.29 is 17.5 Å². The number of aromatic amines is 1. The number of sulfonamides is 1. The molecule has 36 heavy (non-hydrogen) atoms. The van der Waals surface area contributed by atoms with Crippen LogP contribution in [0, 0.1) is 25.6 Å². The van der Waals surface area contributed by atoms with Gasteiger partial charge < -0.3 is 15.0 Å². The maximum absolute atomic E-state index is 14.4. The lowest BCUT2D eigenvalue weighted by Crippen LogP contribution is -2.41. The van der Waals surface area contributed by atoms with Crippen LogP contribution in [0.25, 0.3) is 11.3 Å². The number of benzene rings is 2. The number of halogens is 1. The second kappa shape index (κ2) is 10.1. The summed E-state index contributed by atoms with van der Waals surface area (Å²) in [5, 5.41) is 3.57. The van der Waals surface area contributed by atoms with Crippen LogP contribution in [0.2, 0.25) is 0 Å². The molecule has 1 aromatic heterocycles. The number of H-pyrrole nitrogens is 1. The van der Waals surface area contributed by atoms with E-state index in [9.17, 15) is 12.8 Å². The Morgan fingerprint density at radius 3 is 2.50 bits per heavy atom. The van der Waals surface area contributed by atoms with Gasteiger partial charge in [-0.25, -0.2) is 17.8 Å². The number of para-hydroxylation sites is 1. The van der Waals surface area contributed by atoms with Crippen LogP contribution in [0.1, 0.15) is 57.2 Å². The highest BCUT2D eigenvalue weighted by molar-refractivity contribution is 7.92. The fourth-order valence-corrected chi connectivity index (χ4v) is 6.35. The molecule has 0 spiro atoms. The smallest absolute Gasteiger partial charge is 0.265 e. The van der Waals surface area contributed by atoms with Crippen molar-refractivity contribution in [2.45, 2.75) is 70.2 Å². The molecule has 3 aromatic rings. The van der Waals surface area contributed by atoms with E-state index < -0.39 is 15.8 Å². The van der Waals surface area contributed by atoms with Crippen LogP contribution in [0.4, 0.5) is 16.0 Å². The largest absolute Gasteiger partial charge is 0.495 e. The molecule has 1 heterocycles. The average Bonchev–Trinajstić information content (AvgIpc) is 3.20. The molecule has 4 rings (SSSR count). The van der Waals surface area contributed by atoms with E-state index in [0.29, 0.717) is 28.7 Å². The maximum atomic E-state index is 14.4. The van der Waals surface area contributed by atoms with Crippen molar-refractivity contribution in [2.75, 3.05) is 17.1 Å². The van der Waals surface area contributed by atoms with Gasteiger partial charge in [-0.05, 0) is 76.3 Å². The second-order valence-corrected chi connectivity index (χ2v) is 11.8. The summed E-state index contributed by atoms with van der Waals surface area (Å²) in [6, 6.07) is 9.26. The first kappa shape index (κ1) is 26.0. The highest BCUT2D eigenvalue weighted by Gasteiger charge is 2.31. The van der Waals surface area contributed by atoms with E-state index in [1.165, 1.54) is 57.4 Å². The molecule has 1 aliphatic carbocycles. The lowest BCUT2D eigenvalue weighted by molar-refractivity contribution is 0.257. The van der Waals surface area contributed by atoms with Gasteiger partial charge >= 0.3 is 0 Å². The molecule has 0 atom stereocenters. The van der Waals surface area contributed by atoms with E-state index in [1.807, 2.05) is 6.92 Å². The Labute approximate surface area is 212 Å². The number of anilines is 2. The predicted molar refractivity (Wildman–Crippen MR) is 142 cm³/mol. The van der Waals surface area contributed by atoms with E-state index >= 15 is 0 Å². The summed E-state index contributed by atoms with van der Waals surface area (Å²) in [6.07, 6.45) is 6.19. The number of aryl methyl sites for hydroxylation is 2. The predicted octanol–water partition coefficient (Wildman–Crippen LogP) is 6.41. The van der Waals surface area contributed by atoms with E-state index in [-0.39, 0.29) is 21.9 Å². The van der Waals surface area contributed by atoms with Crippen LogP contribution >= 0.6 is 0 Å². The molecule has 3 N–H and O–H groups in total. The fraction of sp³-hybridized carbons (Fsp3) is 0.444. The molecule has 2 aromatic carbocycles. The van der Waals surface area contributed by atoms with Crippen molar-refractivity contribution in [3.63, 3.8) is 0 Å². The maximum Gasteiger partial charge on any atom is 0.265 e. The van der Waals surface area contributed by atoms with E-state index in [0.717, 1.165) is 5.69 Å². The SMILES string of the molecule is COc1ccc(-c2nc(NC(C)(C)C3CCCCC3)[nH]c2C)cc1S(=O)(=O)Nc1c(C)cccc1F. The minimum Gasteiger partial charge on any atom is -0.495 e. The molecule has 1 fully saturated rings. The molecule has 1 saturated carbocycles. The van der Waals surface area contributed by atoms with Crippen molar-refractivity contribution in [1.29, 1.82) is 0 Å². The van der Waals surface area contributed by atoms with Gasteiger partial charge in [0.1, 0.15) is 16.5 Å². The number of rotatable bonds is 8. The third kappa shape index (κ3) is 5.36. The van der Waals surface area contributed by atoms with Crippen LogP contribution in [0.3, 0.4) is 0 Å². The summed E-state index contributed by atoms with van der Waals surface area (Å²) >= 11 is 0. The molecule has 1 aliphatic rings. The Morgan fingerprint density at radius 1 is 1.11 bits per heavy atom. The Kier molecular flexibility index (Phi) is 7.31. The van der Waals surface area contributed by atoms with Gasteiger partial charge in [0.2, 0.25) is 5.95 Å². The van der Waals surface area contributed by atoms with Gasteiger partial charge in [-0.2, -0.15) is 0 Å². The average molecular weight is 515 g/mol. The Hall–Kier alpha value is -3.07. The molecule has 0 amide bonds. The number of nitrogens with zero attached hydrogens (tertiary/aromatic N) is 1. The minimum atomic E-state index is -4.15. The Morgan fingerprint density at radius 2 is 1.83 bits per heavy atom. The standard InChI is InChI=1S/C27H35FN4O3S/c1-17-10-9-13-21(28)24(17)32-36(33,34)23-16-19(14-15-22(23)35-5)25-18(2)29-26(30-25)31-27(3,4)20-11-7-6-8-12-20/h9-10,13-16,20,32H,6-8,11-12H2,1-5H3,(H2,29,30,31). The third-order valence-corrected chi connectivity index (χ3v) is 8.51. The van der Waals surface area contributed by atoms with Crippen LogP contribution in [-0.4, -0.2) is 31.0 Å². The highest BCUT2D eigenvalue weighted by Crippen LogP contribution is 2.36. The number of aromatic nitrogens is 2. The van der Waals surface area contributed by atoms with Gasteiger partial charge in [-0.1, -0.05) is 31.4 Å². The first-order chi connectivity index (χ1) is 17.0. The number of nitrogens with one attached hydrogen (secondary N) is 3. The van der Waals surface area contributed by atoms with Gasteiger partial charge in [0, 0.05) is 16.8 Å². The van der Waals surface area contributed by atoms with E-state index in [2.05, 4.69) is 28.9 Å². The number of hydrogen-bond acceptors (Lipinski definition) is 5. The van der Waals surface area contributed by atoms with Crippen molar-refractivity contribution in [3.8, 4) is 17.0 Å². The number of hydrogen-bond donors (Lipinski definition) is 3. The topological polar surface area (TPSA) is 96.1 Å². The minimum absolute atomic E-state index is 0.0858.